The van der Waals surface area contributed by atoms with Crippen molar-refractivity contribution in [2.75, 3.05) is 19.6 Å². The Morgan fingerprint density at radius 3 is 2.48 bits per heavy atom. The lowest BCUT2D eigenvalue weighted by molar-refractivity contribution is 0.100. The number of benzene rings is 1. The molecule has 1 aromatic heterocycles. The summed E-state index contributed by atoms with van der Waals surface area (Å²) in [4.78, 5) is 2.41. The van der Waals surface area contributed by atoms with Crippen LogP contribution in [0.5, 0.6) is 0 Å². The molecule has 3 nitrogen and oxygen atoms in total. The van der Waals surface area contributed by atoms with Gasteiger partial charge in [-0.15, -0.1) is 0 Å². The summed E-state index contributed by atoms with van der Waals surface area (Å²) in [5.74, 6) is 0. The van der Waals surface area contributed by atoms with E-state index < -0.39 is 0 Å². The topological polar surface area (TPSA) is 28.4 Å². The van der Waals surface area contributed by atoms with E-state index in [1.165, 1.54) is 42.3 Å². The largest absolute Gasteiger partial charge is 0.390 e. The number of nitrogens with zero attached hydrogens (tertiary/aromatic N) is 2. The van der Waals surface area contributed by atoms with Crippen LogP contribution in [0.2, 0.25) is 5.02 Å². The normalized spacial score (nSPS) is 18.3. The average molecular weight is 335 g/mol. The maximum absolute atomic E-state index is 10.6. The predicted octanol–water partition coefficient (Wildman–Crippen LogP) is 4.15. The van der Waals surface area contributed by atoms with E-state index in [2.05, 4.69) is 29.4 Å². The monoisotopic (exact) mass is 334 g/mol. The standard InChI is InChI=1S/C19H27ClN2O/c1-14-15(2)22(19-17(14)8-7-9-18(19)20)13-16(23)12-21-10-5-3-4-6-11-21/h7-9,16,23H,3-6,10-13H2,1-2H3. The number of aryl methyl sites for hydroxylation is 1. The smallest absolute Gasteiger partial charge is 0.0845 e. The van der Waals surface area contributed by atoms with E-state index in [0.29, 0.717) is 6.54 Å². The fourth-order valence-corrected chi connectivity index (χ4v) is 4.05. The number of aromatic nitrogens is 1. The van der Waals surface area contributed by atoms with Crippen LogP contribution in [-0.2, 0) is 6.54 Å². The number of hydrogen-bond acceptors (Lipinski definition) is 2. The first-order valence-corrected chi connectivity index (χ1v) is 9.10. The van der Waals surface area contributed by atoms with Gasteiger partial charge in [-0.1, -0.05) is 36.6 Å². The Morgan fingerprint density at radius 1 is 1.09 bits per heavy atom. The highest BCUT2D eigenvalue weighted by Gasteiger charge is 2.18. The lowest BCUT2D eigenvalue weighted by Gasteiger charge is -2.24. The van der Waals surface area contributed by atoms with Crippen molar-refractivity contribution in [3.8, 4) is 0 Å². The van der Waals surface area contributed by atoms with Crippen molar-refractivity contribution in [2.45, 2.75) is 52.2 Å². The summed E-state index contributed by atoms with van der Waals surface area (Å²) in [6.07, 6.45) is 4.79. The van der Waals surface area contributed by atoms with Crippen LogP contribution in [0, 0.1) is 13.8 Å². The zero-order chi connectivity index (χ0) is 16.4. The van der Waals surface area contributed by atoms with E-state index in [9.17, 15) is 5.11 Å². The Morgan fingerprint density at radius 2 is 1.78 bits per heavy atom. The number of hydrogen-bond donors (Lipinski definition) is 1. The van der Waals surface area contributed by atoms with Gasteiger partial charge in [0.15, 0.2) is 0 Å². The van der Waals surface area contributed by atoms with Crippen LogP contribution >= 0.6 is 11.6 Å². The van der Waals surface area contributed by atoms with E-state index in [1.54, 1.807) is 0 Å². The van der Waals surface area contributed by atoms with Crippen LogP contribution < -0.4 is 0 Å². The molecule has 2 heterocycles. The molecule has 3 rings (SSSR count). The Bertz CT molecular complexity index is 672. The van der Waals surface area contributed by atoms with Gasteiger partial charge in [-0.05, 0) is 51.4 Å². The molecule has 1 saturated heterocycles. The quantitative estimate of drug-likeness (QED) is 0.909. The Kier molecular flexibility index (Phi) is 5.30. The van der Waals surface area contributed by atoms with Crippen LogP contribution in [0.4, 0.5) is 0 Å². The summed E-state index contributed by atoms with van der Waals surface area (Å²) in [5, 5.41) is 12.6. The van der Waals surface area contributed by atoms with Crippen molar-refractivity contribution < 1.29 is 5.11 Å². The summed E-state index contributed by atoms with van der Waals surface area (Å²) in [6, 6.07) is 6.04. The van der Waals surface area contributed by atoms with Crippen molar-refractivity contribution >= 4 is 22.5 Å². The molecule has 0 saturated carbocycles. The molecule has 1 N–H and O–H groups in total. The van der Waals surface area contributed by atoms with Gasteiger partial charge in [0.1, 0.15) is 0 Å². The van der Waals surface area contributed by atoms with Gasteiger partial charge >= 0.3 is 0 Å². The maximum Gasteiger partial charge on any atom is 0.0845 e. The number of fused-ring (bicyclic) bond motifs is 1. The van der Waals surface area contributed by atoms with Gasteiger partial charge in [-0.2, -0.15) is 0 Å². The van der Waals surface area contributed by atoms with E-state index in [-0.39, 0.29) is 6.10 Å². The van der Waals surface area contributed by atoms with E-state index in [1.807, 2.05) is 12.1 Å². The summed E-state index contributed by atoms with van der Waals surface area (Å²) < 4.78 is 2.19. The zero-order valence-electron chi connectivity index (χ0n) is 14.2. The number of aliphatic hydroxyl groups excluding tert-OH is 1. The van der Waals surface area contributed by atoms with Gasteiger partial charge in [0, 0.05) is 17.6 Å². The summed E-state index contributed by atoms with van der Waals surface area (Å²) in [5.41, 5.74) is 3.51. The van der Waals surface area contributed by atoms with Crippen LogP contribution in [0.15, 0.2) is 18.2 Å². The molecule has 1 fully saturated rings. The van der Waals surface area contributed by atoms with E-state index >= 15 is 0 Å². The van der Waals surface area contributed by atoms with Crippen molar-refractivity contribution in [1.29, 1.82) is 0 Å². The van der Waals surface area contributed by atoms with Gasteiger partial charge < -0.3 is 14.6 Å². The molecular weight excluding hydrogens is 308 g/mol. The lowest BCUT2D eigenvalue weighted by Crippen LogP contribution is -2.35. The van der Waals surface area contributed by atoms with Crippen molar-refractivity contribution in [2.24, 2.45) is 0 Å². The SMILES string of the molecule is Cc1c(C)n(CC(O)CN2CCCCCC2)c2c(Cl)cccc12. The highest BCUT2D eigenvalue weighted by molar-refractivity contribution is 6.35. The number of aliphatic hydroxyl groups is 1. The van der Waals surface area contributed by atoms with E-state index in [4.69, 9.17) is 11.6 Å². The Balaban J connectivity index is 1.79. The zero-order valence-corrected chi connectivity index (χ0v) is 14.9. The van der Waals surface area contributed by atoms with Gasteiger partial charge in [0.2, 0.25) is 0 Å². The highest BCUT2D eigenvalue weighted by Crippen LogP contribution is 2.31. The Hall–Kier alpha value is -1.03. The molecule has 0 aliphatic carbocycles. The van der Waals surface area contributed by atoms with Crippen molar-refractivity contribution in [1.82, 2.24) is 9.47 Å². The molecule has 1 unspecified atom stereocenters. The molecule has 0 amide bonds. The minimum Gasteiger partial charge on any atom is -0.390 e. The summed E-state index contributed by atoms with van der Waals surface area (Å²) in [7, 11) is 0. The fourth-order valence-electron chi connectivity index (χ4n) is 3.77. The van der Waals surface area contributed by atoms with Gasteiger partial charge in [-0.25, -0.2) is 0 Å². The van der Waals surface area contributed by atoms with Gasteiger partial charge in [0.05, 0.1) is 23.2 Å². The van der Waals surface area contributed by atoms with Crippen LogP contribution in [0.1, 0.15) is 36.9 Å². The number of halogens is 1. The first-order chi connectivity index (χ1) is 11.1. The van der Waals surface area contributed by atoms with Crippen LogP contribution in [0.25, 0.3) is 10.9 Å². The maximum atomic E-state index is 10.6. The second-order valence-corrected chi connectivity index (χ2v) is 7.23. The molecule has 1 aromatic carbocycles. The second-order valence-electron chi connectivity index (χ2n) is 6.83. The number of rotatable bonds is 4. The molecule has 4 heteroatoms. The minimum atomic E-state index is -0.363. The number of para-hydroxylation sites is 1. The lowest BCUT2D eigenvalue weighted by atomic mass is 10.2. The highest BCUT2D eigenvalue weighted by atomic mass is 35.5. The average Bonchev–Trinajstić information content (AvgIpc) is 2.72. The van der Waals surface area contributed by atoms with Crippen molar-refractivity contribution in [3.05, 3.63) is 34.5 Å². The third kappa shape index (κ3) is 3.57. The van der Waals surface area contributed by atoms with Crippen LogP contribution in [-0.4, -0.2) is 40.3 Å². The minimum absolute atomic E-state index is 0.363. The molecule has 1 aliphatic heterocycles. The second kappa shape index (κ2) is 7.25. The predicted molar refractivity (Wildman–Crippen MR) is 97.3 cm³/mol. The molecule has 2 aromatic rings. The third-order valence-electron chi connectivity index (χ3n) is 5.17. The first kappa shape index (κ1) is 16.8. The number of likely N-dealkylation sites (tertiary alicyclic amines) is 1. The van der Waals surface area contributed by atoms with Gasteiger partial charge in [-0.3, -0.25) is 0 Å². The number of β-amino-alcohol motifs (C(OH)–C–C–N with tert-alkyl or cyclic N) is 1. The fraction of sp³-hybridized carbons (Fsp3) is 0.579. The molecule has 23 heavy (non-hydrogen) atoms. The molecule has 0 radical (unpaired) electrons. The van der Waals surface area contributed by atoms with Gasteiger partial charge in [0.25, 0.3) is 0 Å². The Labute approximate surface area is 143 Å². The molecule has 1 aliphatic rings. The molecule has 1 atom stereocenters. The summed E-state index contributed by atoms with van der Waals surface area (Å²) in [6.45, 7) is 7.83. The van der Waals surface area contributed by atoms with E-state index in [0.717, 1.165) is 30.2 Å². The molecule has 0 bridgehead atoms. The molecular formula is C19H27ClN2O. The first-order valence-electron chi connectivity index (χ1n) is 8.72. The summed E-state index contributed by atoms with van der Waals surface area (Å²) >= 11 is 6.43. The van der Waals surface area contributed by atoms with Crippen LogP contribution in [0.3, 0.4) is 0 Å². The van der Waals surface area contributed by atoms with Crippen molar-refractivity contribution in [3.63, 3.8) is 0 Å². The third-order valence-corrected chi connectivity index (χ3v) is 5.47. The molecule has 126 valence electrons. The molecule has 0 spiro atoms.